The molecule has 0 unspecified atom stereocenters. The maximum atomic E-state index is 13.4. The Morgan fingerprint density at radius 3 is 2.35 bits per heavy atom. The van der Waals surface area contributed by atoms with Crippen LogP contribution in [0.5, 0.6) is 12.0 Å². The molecule has 0 atom stereocenters. The molecule has 2 amide bonds. The van der Waals surface area contributed by atoms with Crippen LogP contribution < -0.4 is 20.1 Å². The molecule has 2 aromatic rings. The van der Waals surface area contributed by atoms with Gasteiger partial charge in [0.15, 0.2) is 5.82 Å². The van der Waals surface area contributed by atoms with E-state index >= 15 is 0 Å². The fraction of sp³-hybridized carbons (Fsp3) is 0.231. The van der Waals surface area contributed by atoms with Crippen LogP contribution in [0.15, 0.2) is 18.2 Å². The van der Waals surface area contributed by atoms with Crippen LogP contribution in [-0.4, -0.2) is 35.2 Å². The molecule has 1 aromatic carbocycles. The molecule has 0 bridgehead atoms. The number of hydrogen-bond acceptors (Lipinski definition) is 6. The lowest BCUT2D eigenvalue weighted by Gasteiger charge is -2.09. The van der Waals surface area contributed by atoms with Gasteiger partial charge in [-0.3, -0.25) is 0 Å². The van der Waals surface area contributed by atoms with E-state index in [1.54, 1.807) is 0 Å². The molecular weight excluding hydrogens is 312 g/mol. The molecular formula is C13H13F2N5O3. The van der Waals surface area contributed by atoms with Crippen LogP contribution in [0.3, 0.4) is 0 Å². The van der Waals surface area contributed by atoms with Gasteiger partial charge in [0.2, 0.25) is 0 Å². The van der Waals surface area contributed by atoms with Crippen molar-refractivity contribution in [2.45, 2.75) is 6.54 Å². The van der Waals surface area contributed by atoms with Gasteiger partial charge in [0.25, 0.3) is 0 Å². The summed E-state index contributed by atoms with van der Waals surface area (Å²) in [5, 5.41) is 4.66. The van der Waals surface area contributed by atoms with Crippen molar-refractivity contribution in [1.29, 1.82) is 0 Å². The zero-order valence-electron chi connectivity index (χ0n) is 12.3. The van der Waals surface area contributed by atoms with Crippen molar-refractivity contribution in [3.8, 4) is 12.0 Å². The molecule has 0 aliphatic heterocycles. The van der Waals surface area contributed by atoms with Crippen molar-refractivity contribution < 1.29 is 23.0 Å². The van der Waals surface area contributed by atoms with E-state index in [9.17, 15) is 13.6 Å². The Balaban J connectivity index is 1.99. The van der Waals surface area contributed by atoms with Gasteiger partial charge >= 0.3 is 18.1 Å². The van der Waals surface area contributed by atoms with Crippen LogP contribution in [0.2, 0.25) is 0 Å². The number of halogens is 2. The molecule has 0 saturated carbocycles. The number of hydrogen-bond donors (Lipinski definition) is 2. The van der Waals surface area contributed by atoms with Gasteiger partial charge in [-0.1, -0.05) is 0 Å². The molecule has 0 fully saturated rings. The average Bonchev–Trinajstić information content (AvgIpc) is 2.55. The SMILES string of the molecule is COc1nc(CNC(=O)Nc2ccc(F)cc2F)nc(OC)n1. The zero-order valence-corrected chi connectivity index (χ0v) is 12.3. The van der Waals surface area contributed by atoms with Gasteiger partial charge < -0.3 is 20.1 Å². The molecule has 0 aliphatic carbocycles. The van der Waals surface area contributed by atoms with Crippen LogP contribution in [0.1, 0.15) is 5.82 Å². The molecule has 122 valence electrons. The van der Waals surface area contributed by atoms with Gasteiger partial charge in [-0.05, 0) is 12.1 Å². The van der Waals surface area contributed by atoms with E-state index in [2.05, 4.69) is 25.6 Å². The molecule has 23 heavy (non-hydrogen) atoms. The van der Waals surface area contributed by atoms with Gasteiger partial charge in [0.1, 0.15) is 11.6 Å². The van der Waals surface area contributed by atoms with E-state index in [1.807, 2.05) is 0 Å². The average molecular weight is 325 g/mol. The molecule has 2 N–H and O–H groups in total. The van der Waals surface area contributed by atoms with Gasteiger partial charge in [-0.2, -0.15) is 9.97 Å². The zero-order chi connectivity index (χ0) is 16.8. The number of benzene rings is 1. The molecule has 0 spiro atoms. The first-order valence-corrected chi connectivity index (χ1v) is 6.34. The van der Waals surface area contributed by atoms with Gasteiger partial charge in [-0.25, -0.2) is 13.6 Å². The monoisotopic (exact) mass is 325 g/mol. The third-order valence-corrected chi connectivity index (χ3v) is 2.59. The number of anilines is 1. The van der Waals surface area contributed by atoms with Crippen molar-refractivity contribution in [3.05, 3.63) is 35.7 Å². The quantitative estimate of drug-likeness (QED) is 0.864. The first kappa shape index (κ1) is 16.3. The molecule has 8 nitrogen and oxygen atoms in total. The molecule has 0 radical (unpaired) electrons. The second-order valence-corrected chi connectivity index (χ2v) is 4.16. The summed E-state index contributed by atoms with van der Waals surface area (Å²) in [6.07, 6.45) is 0. The molecule has 10 heteroatoms. The van der Waals surface area contributed by atoms with Crippen LogP contribution in [0, 0.1) is 11.6 Å². The Morgan fingerprint density at radius 2 is 1.78 bits per heavy atom. The van der Waals surface area contributed by atoms with Crippen LogP contribution in [0.4, 0.5) is 19.3 Å². The first-order valence-electron chi connectivity index (χ1n) is 6.34. The minimum absolute atomic E-state index is 0.0265. The summed E-state index contributed by atoms with van der Waals surface area (Å²) in [6, 6.07) is 2.14. The fourth-order valence-corrected chi connectivity index (χ4v) is 1.56. The van der Waals surface area contributed by atoms with Gasteiger partial charge in [0, 0.05) is 6.07 Å². The number of rotatable bonds is 5. The first-order chi connectivity index (χ1) is 11.0. The second-order valence-electron chi connectivity index (χ2n) is 4.16. The van der Waals surface area contributed by atoms with E-state index in [-0.39, 0.29) is 30.1 Å². The topological polar surface area (TPSA) is 98.3 Å². The van der Waals surface area contributed by atoms with Crippen LogP contribution in [-0.2, 0) is 6.54 Å². The lowest BCUT2D eigenvalue weighted by atomic mass is 10.3. The number of methoxy groups -OCH3 is 2. The maximum absolute atomic E-state index is 13.4. The number of aromatic nitrogens is 3. The van der Waals surface area contributed by atoms with Crippen LogP contribution in [0.25, 0.3) is 0 Å². The number of carbonyl (C=O) groups excluding carboxylic acids is 1. The summed E-state index contributed by atoms with van der Waals surface area (Å²) in [6.45, 7) is -0.0795. The number of urea groups is 1. The number of amides is 2. The summed E-state index contributed by atoms with van der Waals surface area (Å²) in [5.41, 5.74) is -0.158. The highest BCUT2D eigenvalue weighted by atomic mass is 19.1. The minimum atomic E-state index is -0.886. The van der Waals surface area contributed by atoms with Crippen molar-refractivity contribution in [2.24, 2.45) is 0 Å². The number of carbonyl (C=O) groups is 1. The van der Waals surface area contributed by atoms with E-state index in [4.69, 9.17) is 9.47 Å². The Bertz CT molecular complexity index is 692. The third-order valence-electron chi connectivity index (χ3n) is 2.59. The Morgan fingerprint density at radius 1 is 1.13 bits per heavy atom. The summed E-state index contributed by atoms with van der Waals surface area (Å²) in [7, 11) is 2.74. The van der Waals surface area contributed by atoms with Gasteiger partial charge in [0.05, 0.1) is 26.5 Å². The molecule has 1 heterocycles. The largest absolute Gasteiger partial charge is 0.467 e. The standard InChI is InChI=1S/C13H13F2N5O3/c1-22-12-18-10(19-13(20-12)23-2)6-16-11(21)17-9-4-3-7(14)5-8(9)15/h3-5H,6H2,1-2H3,(H2,16,17,21). The summed E-state index contributed by atoms with van der Waals surface area (Å²) in [4.78, 5) is 23.4. The number of nitrogens with zero attached hydrogens (tertiary/aromatic N) is 3. The molecule has 2 rings (SSSR count). The lowest BCUT2D eigenvalue weighted by Crippen LogP contribution is -2.29. The Kier molecular flexibility index (Phi) is 5.18. The van der Waals surface area contributed by atoms with Gasteiger partial charge in [-0.15, -0.1) is 4.98 Å². The normalized spacial score (nSPS) is 10.1. The molecule has 0 saturated heterocycles. The highest BCUT2D eigenvalue weighted by Crippen LogP contribution is 2.14. The Hall–Kier alpha value is -3.04. The maximum Gasteiger partial charge on any atom is 0.322 e. The van der Waals surface area contributed by atoms with E-state index in [0.29, 0.717) is 6.07 Å². The Labute approximate surface area is 129 Å². The summed E-state index contributed by atoms with van der Waals surface area (Å²) in [5.74, 6) is -1.44. The lowest BCUT2D eigenvalue weighted by molar-refractivity contribution is 0.251. The summed E-state index contributed by atoms with van der Waals surface area (Å²) < 4.78 is 35.9. The predicted octanol–water partition coefficient (Wildman–Crippen LogP) is 1.49. The number of ether oxygens (including phenoxy) is 2. The summed E-state index contributed by atoms with van der Waals surface area (Å²) >= 11 is 0. The second kappa shape index (κ2) is 7.29. The smallest absolute Gasteiger partial charge is 0.322 e. The third kappa shape index (κ3) is 4.46. The minimum Gasteiger partial charge on any atom is -0.467 e. The molecule has 0 aliphatic rings. The predicted molar refractivity (Wildman–Crippen MR) is 75.1 cm³/mol. The van der Waals surface area contributed by atoms with Crippen LogP contribution >= 0.6 is 0 Å². The highest BCUT2D eigenvalue weighted by Gasteiger charge is 2.10. The van der Waals surface area contributed by atoms with E-state index in [0.717, 1.165) is 12.1 Å². The van der Waals surface area contributed by atoms with Crippen molar-refractivity contribution in [2.75, 3.05) is 19.5 Å². The van der Waals surface area contributed by atoms with E-state index < -0.39 is 17.7 Å². The van der Waals surface area contributed by atoms with E-state index in [1.165, 1.54) is 14.2 Å². The molecule has 1 aromatic heterocycles. The van der Waals surface area contributed by atoms with Crippen molar-refractivity contribution in [3.63, 3.8) is 0 Å². The number of nitrogens with one attached hydrogen (secondary N) is 2. The van der Waals surface area contributed by atoms with Crippen molar-refractivity contribution >= 4 is 11.7 Å². The highest BCUT2D eigenvalue weighted by molar-refractivity contribution is 5.89. The van der Waals surface area contributed by atoms with Crippen molar-refractivity contribution in [1.82, 2.24) is 20.3 Å². The fourth-order valence-electron chi connectivity index (χ4n) is 1.56.